The van der Waals surface area contributed by atoms with E-state index in [9.17, 15) is 14.7 Å². The average Bonchev–Trinajstić information content (AvgIpc) is 2.64. The molecule has 0 radical (unpaired) electrons. The summed E-state index contributed by atoms with van der Waals surface area (Å²) >= 11 is 0. The van der Waals surface area contributed by atoms with Crippen LogP contribution in [0.5, 0.6) is 11.5 Å². The summed E-state index contributed by atoms with van der Waals surface area (Å²) in [7, 11) is 1.36. The molecule has 0 saturated heterocycles. The third kappa shape index (κ3) is 5.35. The molecule has 0 aliphatic rings. The largest absolute Gasteiger partial charge is 0.507 e. The lowest BCUT2D eigenvalue weighted by molar-refractivity contribution is -0.140. The Morgan fingerprint density at radius 2 is 1.75 bits per heavy atom. The molecule has 150 valence electrons. The maximum Gasteiger partial charge on any atom is 0.305 e. The fourth-order valence-corrected chi connectivity index (χ4v) is 3.07. The molecule has 0 heterocycles. The van der Waals surface area contributed by atoms with E-state index >= 15 is 0 Å². The van der Waals surface area contributed by atoms with Crippen LogP contribution < -0.4 is 4.74 Å². The predicted molar refractivity (Wildman–Crippen MR) is 108 cm³/mol. The summed E-state index contributed by atoms with van der Waals surface area (Å²) < 4.78 is 10.3. The quantitative estimate of drug-likeness (QED) is 0.530. The van der Waals surface area contributed by atoms with Gasteiger partial charge in [0.1, 0.15) is 11.5 Å². The standard InChI is InChI=1S/C23H28O5/c1-14(2)19-9-6-17(12-16(19)7-11-22(25)27-5)23(26)20-10-8-18(13-21(20)24)28-15(3)4/h6,8-10,12-15,24H,7,11H2,1-5H3. The van der Waals surface area contributed by atoms with E-state index in [4.69, 9.17) is 9.47 Å². The monoisotopic (exact) mass is 384 g/mol. The van der Waals surface area contributed by atoms with Crippen molar-refractivity contribution in [2.45, 2.75) is 52.6 Å². The molecule has 0 aliphatic heterocycles. The van der Waals surface area contributed by atoms with Gasteiger partial charge in [-0.3, -0.25) is 9.59 Å². The van der Waals surface area contributed by atoms with E-state index in [1.54, 1.807) is 24.3 Å². The van der Waals surface area contributed by atoms with Gasteiger partial charge >= 0.3 is 5.97 Å². The Bertz CT molecular complexity index is 852. The number of ketones is 1. The number of ether oxygens (including phenoxy) is 2. The summed E-state index contributed by atoms with van der Waals surface area (Å²) in [6.07, 6.45) is 0.719. The number of esters is 1. The number of carbonyl (C=O) groups excluding carboxylic acids is 2. The van der Waals surface area contributed by atoms with Crippen molar-refractivity contribution >= 4 is 11.8 Å². The number of phenols is 1. The third-order valence-electron chi connectivity index (χ3n) is 4.44. The van der Waals surface area contributed by atoms with Gasteiger partial charge in [-0.05, 0) is 55.5 Å². The van der Waals surface area contributed by atoms with Crippen molar-refractivity contribution in [3.63, 3.8) is 0 Å². The molecule has 0 atom stereocenters. The first kappa shape index (κ1) is 21.5. The molecule has 0 bridgehead atoms. The summed E-state index contributed by atoms with van der Waals surface area (Å²) in [5.41, 5.74) is 2.71. The maximum absolute atomic E-state index is 12.9. The van der Waals surface area contributed by atoms with Gasteiger partial charge in [0.05, 0.1) is 18.8 Å². The van der Waals surface area contributed by atoms with Gasteiger partial charge in [-0.15, -0.1) is 0 Å². The van der Waals surface area contributed by atoms with Crippen LogP contribution in [0.4, 0.5) is 0 Å². The highest BCUT2D eigenvalue weighted by atomic mass is 16.5. The lowest BCUT2D eigenvalue weighted by Crippen LogP contribution is -2.08. The van der Waals surface area contributed by atoms with E-state index in [1.807, 2.05) is 19.9 Å². The first-order valence-electron chi connectivity index (χ1n) is 9.47. The molecule has 5 nitrogen and oxygen atoms in total. The van der Waals surface area contributed by atoms with Crippen molar-refractivity contribution in [2.24, 2.45) is 0 Å². The minimum absolute atomic E-state index is 0.0260. The summed E-state index contributed by atoms with van der Waals surface area (Å²) in [6, 6.07) is 10.2. The van der Waals surface area contributed by atoms with Crippen LogP contribution in [0.2, 0.25) is 0 Å². The van der Waals surface area contributed by atoms with Gasteiger partial charge in [0.2, 0.25) is 0 Å². The Kier molecular flexibility index (Phi) is 7.21. The minimum Gasteiger partial charge on any atom is -0.507 e. The van der Waals surface area contributed by atoms with Gasteiger partial charge in [0.15, 0.2) is 5.78 Å². The number of phenolic OH excluding ortho intramolecular Hbond substituents is 1. The normalized spacial score (nSPS) is 11.0. The molecule has 2 aromatic carbocycles. The van der Waals surface area contributed by atoms with Crippen molar-refractivity contribution < 1.29 is 24.2 Å². The number of carbonyl (C=O) groups is 2. The molecule has 1 N–H and O–H groups in total. The van der Waals surface area contributed by atoms with Crippen molar-refractivity contribution in [1.82, 2.24) is 0 Å². The molecule has 0 aliphatic carbocycles. The molecule has 0 amide bonds. The molecular weight excluding hydrogens is 356 g/mol. The number of hydrogen-bond donors (Lipinski definition) is 1. The Morgan fingerprint density at radius 1 is 1.04 bits per heavy atom. The molecule has 28 heavy (non-hydrogen) atoms. The maximum atomic E-state index is 12.9. The summed E-state index contributed by atoms with van der Waals surface area (Å²) in [6.45, 7) is 7.92. The zero-order valence-electron chi connectivity index (χ0n) is 17.1. The molecule has 0 aromatic heterocycles. The predicted octanol–water partition coefficient (Wildman–Crippen LogP) is 4.64. The highest BCUT2D eigenvalue weighted by Gasteiger charge is 2.17. The topological polar surface area (TPSA) is 72.8 Å². The van der Waals surface area contributed by atoms with Gasteiger partial charge in [0.25, 0.3) is 0 Å². The summed E-state index contributed by atoms with van der Waals surface area (Å²) in [4.78, 5) is 24.5. The number of rotatable bonds is 8. The zero-order valence-corrected chi connectivity index (χ0v) is 17.1. The van der Waals surface area contributed by atoms with Gasteiger partial charge < -0.3 is 14.6 Å². The fourth-order valence-electron chi connectivity index (χ4n) is 3.07. The lowest BCUT2D eigenvalue weighted by Gasteiger charge is -2.15. The SMILES string of the molecule is COC(=O)CCc1cc(C(=O)c2ccc(OC(C)C)cc2O)ccc1C(C)C. The van der Waals surface area contributed by atoms with Crippen molar-refractivity contribution in [3.05, 3.63) is 58.7 Å². The molecule has 2 rings (SSSR count). The first-order chi connectivity index (χ1) is 13.2. The van der Waals surface area contributed by atoms with Crippen LogP contribution in [0.1, 0.15) is 67.1 Å². The van der Waals surface area contributed by atoms with E-state index in [0.717, 1.165) is 11.1 Å². The Hall–Kier alpha value is -2.82. The van der Waals surface area contributed by atoms with E-state index in [-0.39, 0.29) is 41.5 Å². The van der Waals surface area contributed by atoms with E-state index in [1.165, 1.54) is 13.2 Å². The van der Waals surface area contributed by atoms with Crippen LogP contribution in [0.3, 0.4) is 0 Å². The van der Waals surface area contributed by atoms with Crippen LogP contribution in [-0.4, -0.2) is 30.1 Å². The van der Waals surface area contributed by atoms with Crippen LogP contribution >= 0.6 is 0 Å². The van der Waals surface area contributed by atoms with Crippen molar-refractivity contribution in [2.75, 3.05) is 7.11 Å². The van der Waals surface area contributed by atoms with Crippen LogP contribution in [-0.2, 0) is 16.0 Å². The Balaban J connectivity index is 2.33. The highest BCUT2D eigenvalue weighted by molar-refractivity contribution is 6.10. The smallest absolute Gasteiger partial charge is 0.305 e. The van der Waals surface area contributed by atoms with Gasteiger partial charge in [-0.1, -0.05) is 26.0 Å². The van der Waals surface area contributed by atoms with Gasteiger partial charge in [-0.25, -0.2) is 0 Å². The van der Waals surface area contributed by atoms with E-state index in [0.29, 0.717) is 17.7 Å². The highest BCUT2D eigenvalue weighted by Crippen LogP contribution is 2.28. The Labute approximate surface area is 166 Å². The molecule has 0 spiro atoms. The molecule has 5 heteroatoms. The summed E-state index contributed by atoms with van der Waals surface area (Å²) in [5.74, 6) is 0.0934. The molecule has 0 saturated carbocycles. The number of methoxy groups -OCH3 is 1. The Morgan fingerprint density at radius 3 is 2.32 bits per heavy atom. The second-order valence-electron chi connectivity index (χ2n) is 7.32. The van der Waals surface area contributed by atoms with Crippen LogP contribution in [0.25, 0.3) is 0 Å². The molecule has 0 fully saturated rings. The molecule has 2 aromatic rings. The number of benzene rings is 2. The van der Waals surface area contributed by atoms with Crippen molar-refractivity contribution in [3.8, 4) is 11.5 Å². The number of aromatic hydroxyl groups is 1. The van der Waals surface area contributed by atoms with Gasteiger partial charge in [-0.2, -0.15) is 0 Å². The minimum atomic E-state index is -0.287. The number of hydrogen-bond acceptors (Lipinski definition) is 5. The fraction of sp³-hybridized carbons (Fsp3) is 0.391. The first-order valence-corrected chi connectivity index (χ1v) is 9.47. The van der Waals surface area contributed by atoms with Gasteiger partial charge in [0, 0.05) is 18.1 Å². The molecule has 0 unspecified atom stereocenters. The second kappa shape index (κ2) is 9.40. The van der Waals surface area contributed by atoms with Crippen molar-refractivity contribution in [1.29, 1.82) is 0 Å². The molecular formula is C23H28O5. The van der Waals surface area contributed by atoms with E-state index < -0.39 is 0 Å². The lowest BCUT2D eigenvalue weighted by atomic mass is 9.90. The number of aryl methyl sites for hydroxylation is 1. The third-order valence-corrected chi connectivity index (χ3v) is 4.44. The van der Waals surface area contributed by atoms with Crippen LogP contribution in [0, 0.1) is 0 Å². The average molecular weight is 384 g/mol. The van der Waals surface area contributed by atoms with E-state index in [2.05, 4.69) is 13.8 Å². The second-order valence-corrected chi connectivity index (χ2v) is 7.32. The van der Waals surface area contributed by atoms with Crippen LogP contribution in [0.15, 0.2) is 36.4 Å². The zero-order chi connectivity index (χ0) is 20.8. The summed E-state index contributed by atoms with van der Waals surface area (Å²) in [5, 5.41) is 10.3.